The normalized spacial score (nSPS) is 11.4. The van der Waals surface area contributed by atoms with E-state index in [0.29, 0.717) is 18.2 Å². The zero-order valence-electron chi connectivity index (χ0n) is 15.8. The number of allylic oxidation sites excluding steroid dienone is 3. The zero-order valence-corrected chi connectivity index (χ0v) is 15.8. The topological polar surface area (TPSA) is 49.0 Å². The van der Waals surface area contributed by atoms with Gasteiger partial charge in [-0.15, -0.1) is 0 Å². The highest BCUT2D eigenvalue weighted by molar-refractivity contribution is 5.76. The van der Waals surface area contributed by atoms with Crippen LogP contribution < -0.4 is 10.4 Å². The lowest BCUT2D eigenvalue weighted by molar-refractivity contribution is 0.396. The third kappa shape index (κ3) is 3.77. The van der Waals surface area contributed by atoms with Crippen LogP contribution in [0.2, 0.25) is 0 Å². The van der Waals surface area contributed by atoms with Gasteiger partial charge in [-0.3, -0.25) is 9.13 Å². The Bertz CT molecular complexity index is 1040. The molecule has 0 fully saturated rings. The summed E-state index contributed by atoms with van der Waals surface area (Å²) >= 11 is 0. The summed E-state index contributed by atoms with van der Waals surface area (Å²) in [6, 6.07) is 11.8. The van der Waals surface area contributed by atoms with Crippen molar-refractivity contribution in [3.63, 3.8) is 0 Å². The van der Waals surface area contributed by atoms with E-state index in [9.17, 15) is 4.79 Å². The van der Waals surface area contributed by atoms with Crippen molar-refractivity contribution >= 4 is 5.57 Å². The molecule has 2 heterocycles. The Labute approximate surface area is 158 Å². The molecule has 0 saturated heterocycles. The Kier molecular flexibility index (Phi) is 5.41. The number of hydrogen-bond donors (Lipinski definition) is 0. The molecule has 0 atom stereocenters. The average Bonchev–Trinajstić information content (AvgIpc) is 3.05. The maximum absolute atomic E-state index is 12.8. The number of aromatic nitrogens is 3. The Morgan fingerprint density at radius 2 is 1.93 bits per heavy atom. The molecular weight excluding hydrogens is 338 g/mol. The first kappa shape index (κ1) is 18.5. The van der Waals surface area contributed by atoms with E-state index in [1.54, 1.807) is 30.1 Å². The fourth-order valence-electron chi connectivity index (χ4n) is 2.92. The van der Waals surface area contributed by atoms with Gasteiger partial charge in [0, 0.05) is 18.0 Å². The lowest BCUT2D eigenvalue weighted by Gasteiger charge is -2.10. The van der Waals surface area contributed by atoms with Gasteiger partial charge in [-0.25, -0.2) is 4.79 Å². The van der Waals surface area contributed by atoms with Crippen molar-refractivity contribution in [2.24, 2.45) is 0 Å². The van der Waals surface area contributed by atoms with E-state index in [1.807, 2.05) is 56.3 Å². The molecule has 0 aliphatic heterocycles. The predicted octanol–water partition coefficient (Wildman–Crippen LogP) is 3.99. The highest BCUT2D eigenvalue weighted by Crippen LogP contribution is 2.25. The highest BCUT2D eigenvalue weighted by Gasteiger charge is 2.12. The minimum Gasteiger partial charge on any atom is -0.480 e. The van der Waals surface area contributed by atoms with Crippen LogP contribution in [0.1, 0.15) is 23.6 Å². The summed E-state index contributed by atoms with van der Waals surface area (Å²) in [6.45, 7) is 8.30. The number of nitrogens with zero attached hydrogens (tertiary/aromatic N) is 3. The molecule has 0 N–H and O–H groups in total. The van der Waals surface area contributed by atoms with Crippen LogP contribution in [0.15, 0.2) is 72.3 Å². The summed E-state index contributed by atoms with van der Waals surface area (Å²) in [5.74, 6) is 0.974. The number of pyridine rings is 1. The van der Waals surface area contributed by atoms with Gasteiger partial charge in [0.15, 0.2) is 0 Å². The first-order chi connectivity index (χ1) is 13.1. The Morgan fingerprint density at radius 3 is 2.56 bits per heavy atom. The van der Waals surface area contributed by atoms with Gasteiger partial charge < -0.3 is 4.74 Å². The molecule has 5 heteroatoms. The third-order valence-electron chi connectivity index (χ3n) is 4.45. The van der Waals surface area contributed by atoms with Crippen molar-refractivity contribution in [2.75, 3.05) is 7.11 Å². The lowest BCUT2D eigenvalue weighted by atomic mass is 10.1. The van der Waals surface area contributed by atoms with Crippen molar-refractivity contribution in [1.82, 2.24) is 14.1 Å². The molecule has 27 heavy (non-hydrogen) atoms. The van der Waals surface area contributed by atoms with Crippen molar-refractivity contribution in [1.29, 1.82) is 0 Å². The maximum Gasteiger partial charge on any atom is 0.334 e. The van der Waals surface area contributed by atoms with Gasteiger partial charge in [-0.05, 0) is 37.1 Å². The standard InChI is InChI=1S/C22H23N3O2/c1-5-18(6-2)19-11-12-20(23-21(19)27-4)25-14-13-24(22(25)26)15-17-9-7-16(3)8-10-17/h5-14H,1,15H2,2-4H3/b18-6+. The van der Waals surface area contributed by atoms with Crippen LogP contribution in [0.25, 0.3) is 11.4 Å². The molecule has 5 nitrogen and oxygen atoms in total. The molecule has 2 aromatic heterocycles. The van der Waals surface area contributed by atoms with Crippen molar-refractivity contribution in [3.05, 3.63) is 94.7 Å². The van der Waals surface area contributed by atoms with Gasteiger partial charge in [0.2, 0.25) is 5.88 Å². The molecule has 0 amide bonds. The van der Waals surface area contributed by atoms with Crippen LogP contribution >= 0.6 is 0 Å². The van der Waals surface area contributed by atoms with Crippen LogP contribution in [0.3, 0.4) is 0 Å². The number of hydrogen-bond acceptors (Lipinski definition) is 3. The molecule has 0 radical (unpaired) electrons. The van der Waals surface area contributed by atoms with Crippen molar-refractivity contribution in [2.45, 2.75) is 20.4 Å². The van der Waals surface area contributed by atoms with E-state index in [4.69, 9.17) is 4.74 Å². The molecule has 0 saturated carbocycles. The van der Waals surface area contributed by atoms with Crippen LogP contribution in [0.5, 0.6) is 5.88 Å². The Morgan fingerprint density at radius 1 is 1.19 bits per heavy atom. The van der Waals surface area contributed by atoms with Gasteiger partial charge in [0.05, 0.1) is 13.7 Å². The second kappa shape index (κ2) is 7.91. The van der Waals surface area contributed by atoms with E-state index in [2.05, 4.69) is 11.6 Å². The van der Waals surface area contributed by atoms with Gasteiger partial charge in [-0.1, -0.05) is 48.6 Å². The predicted molar refractivity (Wildman–Crippen MR) is 109 cm³/mol. The third-order valence-corrected chi connectivity index (χ3v) is 4.45. The molecule has 0 bridgehead atoms. The van der Waals surface area contributed by atoms with E-state index < -0.39 is 0 Å². The summed E-state index contributed by atoms with van der Waals surface area (Å²) in [5.41, 5.74) is 3.89. The monoisotopic (exact) mass is 361 g/mol. The molecule has 138 valence electrons. The second-order valence-electron chi connectivity index (χ2n) is 6.24. The summed E-state index contributed by atoms with van der Waals surface area (Å²) < 4.78 is 8.60. The van der Waals surface area contributed by atoms with Crippen LogP contribution in [0, 0.1) is 6.92 Å². The zero-order chi connectivity index (χ0) is 19.4. The Hall–Kier alpha value is -3.34. The van der Waals surface area contributed by atoms with Crippen molar-refractivity contribution < 1.29 is 4.74 Å². The number of ether oxygens (including phenoxy) is 1. The second-order valence-corrected chi connectivity index (χ2v) is 6.24. The quantitative estimate of drug-likeness (QED) is 0.624. The minimum atomic E-state index is -0.146. The fourth-order valence-corrected chi connectivity index (χ4v) is 2.92. The van der Waals surface area contributed by atoms with Gasteiger partial charge in [0.1, 0.15) is 5.82 Å². The van der Waals surface area contributed by atoms with Crippen LogP contribution in [0.4, 0.5) is 0 Å². The molecule has 0 unspecified atom stereocenters. The number of imidazole rings is 1. The molecule has 3 aromatic rings. The molecule has 0 aliphatic rings. The van der Waals surface area contributed by atoms with E-state index >= 15 is 0 Å². The summed E-state index contributed by atoms with van der Waals surface area (Å²) in [6.07, 6.45) is 7.19. The number of aryl methyl sites for hydroxylation is 1. The SMILES string of the molecule is C=C/C(=C\C)c1ccc(-n2ccn(Cc3ccc(C)cc3)c2=O)nc1OC. The van der Waals surface area contributed by atoms with E-state index in [0.717, 1.165) is 16.7 Å². The lowest BCUT2D eigenvalue weighted by Crippen LogP contribution is -2.24. The molecule has 3 rings (SSSR count). The summed E-state index contributed by atoms with van der Waals surface area (Å²) in [4.78, 5) is 17.3. The largest absolute Gasteiger partial charge is 0.480 e. The van der Waals surface area contributed by atoms with Crippen LogP contribution in [-0.4, -0.2) is 21.2 Å². The molecular formula is C22H23N3O2. The number of methoxy groups -OCH3 is 1. The smallest absolute Gasteiger partial charge is 0.334 e. The maximum atomic E-state index is 12.8. The van der Waals surface area contributed by atoms with Gasteiger partial charge in [0.25, 0.3) is 0 Å². The number of benzene rings is 1. The summed E-state index contributed by atoms with van der Waals surface area (Å²) in [7, 11) is 1.57. The van der Waals surface area contributed by atoms with Gasteiger partial charge in [-0.2, -0.15) is 4.98 Å². The first-order valence-corrected chi connectivity index (χ1v) is 8.75. The molecule has 0 aliphatic carbocycles. The number of rotatable bonds is 6. The Balaban J connectivity index is 1.95. The fraction of sp³-hybridized carbons (Fsp3) is 0.182. The van der Waals surface area contributed by atoms with Crippen LogP contribution in [-0.2, 0) is 6.54 Å². The summed E-state index contributed by atoms with van der Waals surface area (Å²) in [5, 5.41) is 0. The average molecular weight is 361 g/mol. The van der Waals surface area contributed by atoms with Crippen molar-refractivity contribution in [3.8, 4) is 11.7 Å². The highest BCUT2D eigenvalue weighted by atomic mass is 16.5. The molecule has 0 spiro atoms. The van der Waals surface area contributed by atoms with E-state index in [1.165, 1.54) is 10.1 Å². The minimum absolute atomic E-state index is 0.146. The van der Waals surface area contributed by atoms with Gasteiger partial charge >= 0.3 is 5.69 Å². The first-order valence-electron chi connectivity index (χ1n) is 8.75. The molecule has 1 aromatic carbocycles. The van der Waals surface area contributed by atoms with E-state index in [-0.39, 0.29) is 5.69 Å².